The Morgan fingerprint density at radius 1 is 1.12 bits per heavy atom. The maximum absolute atomic E-state index is 13.4. The van der Waals surface area contributed by atoms with E-state index in [1.807, 2.05) is 42.5 Å². The van der Waals surface area contributed by atoms with Gasteiger partial charge in [0.15, 0.2) is 0 Å². The van der Waals surface area contributed by atoms with E-state index in [0.717, 1.165) is 30.5 Å². The number of aromatic nitrogens is 2. The number of nitrogens with zero attached hydrogens (tertiary/aromatic N) is 4. The maximum atomic E-state index is 13.4. The van der Waals surface area contributed by atoms with Crippen molar-refractivity contribution in [2.24, 2.45) is 0 Å². The number of benzene rings is 2. The van der Waals surface area contributed by atoms with Gasteiger partial charge in [-0.1, -0.05) is 30.3 Å². The Morgan fingerprint density at radius 2 is 1.88 bits per heavy atom. The highest BCUT2D eigenvalue weighted by Crippen LogP contribution is 2.24. The number of aliphatic hydroxyl groups is 1. The number of aliphatic hydroxyl groups excluding tert-OH is 1. The fourth-order valence-corrected chi connectivity index (χ4v) is 5.49. The topological polar surface area (TPSA) is 99.8 Å². The van der Waals surface area contributed by atoms with Gasteiger partial charge >= 0.3 is 0 Å². The van der Waals surface area contributed by atoms with E-state index in [1.165, 1.54) is 4.31 Å². The number of likely N-dealkylation sites (tertiary alicyclic amines) is 1. The minimum absolute atomic E-state index is 0.00224. The van der Waals surface area contributed by atoms with Gasteiger partial charge in [-0.3, -0.25) is 9.21 Å². The third-order valence-electron chi connectivity index (χ3n) is 5.78. The fraction of sp³-hybridized carbons (Fsp3) is 0.391. The van der Waals surface area contributed by atoms with Crippen molar-refractivity contribution < 1.29 is 17.9 Å². The van der Waals surface area contributed by atoms with Crippen LogP contribution >= 0.6 is 0 Å². The van der Waals surface area contributed by atoms with Gasteiger partial charge in [0.05, 0.1) is 24.6 Å². The summed E-state index contributed by atoms with van der Waals surface area (Å²) < 4.78 is 33.7. The van der Waals surface area contributed by atoms with Gasteiger partial charge in [-0.2, -0.15) is 0 Å². The lowest BCUT2D eigenvalue weighted by atomic mass is 10.1. The number of hydrogen-bond donors (Lipinski definition) is 1. The van der Waals surface area contributed by atoms with E-state index < -0.39 is 10.0 Å². The normalized spacial score (nSPS) is 17.0. The summed E-state index contributed by atoms with van der Waals surface area (Å²) in [4.78, 5) is 2.07. The van der Waals surface area contributed by atoms with Gasteiger partial charge in [0, 0.05) is 25.1 Å². The Bertz CT molecular complexity index is 1120. The lowest BCUT2D eigenvalue weighted by Gasteiger charge is -2.27. The van der Waals surface area contributed by atoms with Crippen LogP contribution in [0, 0.1) is 6.92 Å². The Balaban J connectivity index is 1.53. The molecule has 1 atom stereocenters. The lowest BCUT2D eigenvalue weighted by molar-refractivity contribution is 0.165. The number of aryl methyl sites for hydroxylation is 1. The van der Waals surface area contributed by atoms with Gasteiger partial charge in [-0.05, 0) is 49.2 Å². The van der Waals surface area contributed by atoms with Gasteiger partial charge in [-0.15, -0.1) is 10.2 Å². The molecule has 32 heavy (non-hydrogen) atoms. The molecule has 1 fully saturated rings. The molecule has 4 rings (SSSR count). The molecule has 0 bridgehead atoms. The van der Waals surface area contributed by atoms with E-state index in [0.29, 0.717) is 24.0 Å². The molecule has 1 aromatic heterocycles. The number of sulfonamides is 1. The Kier molecular flexibility index (Phi) is 6.88. The zero-order chi connectivity index (χ0) is 22.6. The molecule has 1 aliphatic heterocycles. The molecule has 0 amide bonds. The van der Waals surface area contributed by atoms with Crippen LogP contribution in [0.25, 0.3) is 11.5 Å². The van der Waals surface area contributed by atoms with E-state index in [2.05, 4.69) is 15.1 Å². The molecular formula is C23H28N4O4S. The lowest BCUT2D eigenvalue weighted by Crippen LogP contribution is -2.40. The van der Waals surface area contributed by atoms with Crippen molar-refractivity contribution in [2.45, 2.75) is 32.4 Å². The largest absolute Gasteiger partial charge is 0.421 e. The zero-order valence-corrected chi connectivity index (χ0v) is 18.9. The van der Waals surface area contributed by atoms with Crippen LogP contribution in [0.5, 0.6) is 0 Å². The second-order valence-corrected chi connectivity index (χ2v) is 10.0. The van der Waals surface area contributed by atoms with Gasteiger partial charge in [0.25, 0.3) is 0 Å². The first kappa shape index (κ1) is 22.4. The molecule has 8 nitrogen and oxygen atoms in total. The first-order chi connectivity index (χ1) is 15.5. The average Bonchev–Trinajstić information content (AvgIpc) is 3.45. The molecule has 0 aliphatic carbocycles. The van der Waals surface area contributed by atoms with Gasteiger partial charge < -0.3 is 9.52 Å². The summed E-state index contributed by atoms with van der Waals surface area (Å²) in [6, 6.07) is 16.7. The van der Waals surface area contributed by atoms with E-state index in [4.69, 9.17) is 4.42 Å². The first-order valence-corrected chi connectivity index (χ1v) is 12.4. The highest BCUT2D eigenvalue weighted by molar-refractivity contribution is 7.92. The first-order valence-electron chi connectivity index (χ1n) is 10.8. The number of para-hydroxylation sites is 1. The van der Waals surface area contributed by atoms with Crippen LogP contribution < -0.4 is 4.31 Å². The van der Waals surface area contributed by atoms with E-state index in [1.54, 1.807) is 19.1 Å². The molecule has 2 heterocycles. The summed E-state index contributed by atoms with van der Waals surface area (Å²) in [5.41, 5.74) is 2.27. The minimum atomic E-state index is -3.58. The van der Waals surface area contributed by atoms with Crippen LogP contribution in [0.2, 0.25) is 0 Å². The van der Waals surface area contributed by atoms with E-state index in [-0.39, 0.29) is 24.9 Å². The molecule has 0 unspecified atom stereocenters. The molecule has 9 heteroatoms. The van der Waals surface area contributed by atoms with Crippen molar-refractivity contribution in [3.63, 3.8) is 0 Å². The summed E-state index contributed by atoms with van der Waals surface area (Å²) in [5, 5.41) is 17.4. The van der Waals surface area contributed by atoms with Crippen LogP contribution in [-0.4, -0.2) is 60.1 Å². The third-order valence-corrected chi connectivity index (χ3v) is 7.49. The van der Waals surface area contributed by atoms with Crippen LogP contribution in [0.1, 0.15) is 24.3 Å². The summed E-state index contributed by atoms with van der Waals surface area (Å²) >= 11 is 0. The summed E-state index contributed by atoms with van der Waals surface area (Å²) in [5.74, 6) is 0.926. The third kappa shape index (κ3) is 5.17. The number of anilines is 1. The van der Waals surface area contributed by atoms with Crippen LogP contribution in [0.15, 0.2) is 59.0 Å². The molecule has 170 valence electrons. The van der Waals surface area contributed by atoms with Crippen molar-refractivity contribution in [1.29, 1.82) is 0 Å². The van der Waals surface area contributed by atoms with Crippen molar-refractivity contribution in [3.8, 4) is 11.5 Å². The second kappa shape index (κ2) is 9.81. The highest BCUT2D eigenvalue weighted by Gasteiger charge is 2.28. The monoisotopic (exact) mass is 456 g/mol. The fourth-order valence-electron chi connectivity index (χ4n) is 4.02. The molecule has 0 saturated carbocycles. The molecule has 1 N–H and O–H groups in total. The number of hydrogen-bond acceptors (Lipinski definition) is 7. The standard InChI is InChI=1S/C23H28N4O4S/c1-18-24-25-23(31-18)20-11-9-19(10-12-20)16-27(21-6-3-2-4-7-21)32(29,30)15-14-26-13-5-8-22(26)17-28/h2-4,6-7,9-12,22,28H,5,8,13-17H2,1H3/t22-/m1/s1. The SMILES string of the molecule is Cc1nnc(-c2ccc(CN(c3ccccc3)S(=O)(=O)CCN3CCC[C@@H]3CO)cc2)o1. The van der Waals surface area contributed by atoms with Crippen LogP contribution in [-0.2, 0) is 16.6 Å². The average molecular weight is 457 g/mol. The summed E-state index contributed by atoms with van der Waals surface area (Å²) in [7, 11) is -3.58. The van der Waals surface area contributed by atoms with Gasteiger partial charge in [0.2, 0.25) is 21.8 Å². The quantitative estimate of drug-likeness (QED) is 0.528. The zero-order valence-electron chi connectivity index (χ0n) is 18.1. The minimum Gasteiger partial charge on any atom is -0.421 e. The molecule has 0 radical (unpaired) electrons. The number of rotatable bonds is 9. The Labute approximate surface area is 188 Å². The van der Waals surface area contributed by atoms with Crippen molar-refractivity contribution >= 4 is 15.7 Å². The van der Waals surface area contributed by atoms with Crippen LogP contribution in [0.4, 0.5) is 5.69 Å². The molecule has 1 saturated heterocycles. The molecule has 1 aliphatic rings. The molecule has 0 spiro atoms. The molecule has 2 aromatic carbocycles. The Morgan fingerprint density at radius 3 is 2.53 bits per heavy atom. The predicted octanol–water partition coefficient (Wildman–Crippen LogP) is 2.84. The van der Waals surface area contributed by atoms with Crippen molar-refractivity contribution in [1.82, 2.24) is 15.1 Å². The van der Waals surface area contributed by atoms with E-state index >= 15 is 0 Å². The molecular weight excluding hydrogens is 428 g/mol. The van der Waals surface area contributed by atoms with E-state index in [9.17, 15) is 13.5 Å². The van der Waals surface area contributed by atoms with Gasteiger partial charge in [-0.25, -0.2) is 8.42 Å². The second-order valence-electron chi connectivity index (χ2n) is 8.00. The Hall–Kier alpha value is -2.75. The smallest absolute Gasteiger partial charge is 0.247 e. The predicted molar refractivity (Wildman–Crippen MR) is 123 cm³/mol. The van der Waals surface area contributed by atoms with Crippen molar-refractivity contribution in [3.05, 3.63) is 66.1 Å². The van der Waals surface area contributed by atoms with Crippen molar-refractivity contribution in [2.75, 3.05) is 29.8 Å². The summed E-state index contributed by atoms with van der Waals surface area (Å²) in [6.45, 7) is 3.25. The maximum Gasteiger partial charge on any atom is 0.247 e. The van der Waals surface area contributed by atoms with Gasteiger partial charge in [0.1, 0.15) is 0 Å². The highest BCUT2D eigenvalue weighted by atomic mass is 32.2. The van der Waals surface area contributed by atoms with Crippen LogP contribution in [0.3, 0.4) is 0 Å². The summed E-state index contributed by atoms with van der Waals surface area (Å²) in [6.07, 6.45) is 1.89. The molecule has 3 aromatic rings.